The van der Waals surface area contributed by atoms with Crippen molar-refractivity contribution in [1.82, 2.24) is 5.32 Å². The Morgan fingerprint density at radius 3 is 2.58 bits per heavy atom. The molecule has 0 fully saturated rings. The van der Waals surface area contributed by atoms with E-state index in [0.717, 1.165) is 18.4 Å². The molecule has 0 aromatic carbocycles. The Morgan fingerprint density at radius 1 is 1.29 bits per heavy atom. The number of amides is 2. The highest BCUT2D eigenvalue weighted by Crippen LogP contribution is 2.27. The molecule has 2 rings (SSSR count). The van der Waals surface area contributed by atoms with Gasteiger partial charge < -0.3 is 20.8 Å². The maximum Gasteiger partial charge on any atom is 0.291 e. The molecular formula is C17H23N3O3S. The Balaban J connectivity index is 2.03. The number of nitrogens with two attached hydrogens (primary N) is 1. The van der Waals surface area contributed by atoms with Crippen LogP contribution in [-0.2, 0) is 0 Å². The molecule has 0 bridgehead atoms. The second-order valence-electron chi connectivity index (χ2n) is 5.81. The number of hydrogen-bond donors (Lipinski definition) is 3. The lowest BCUT2D eigenvalue weighted by molar-refractivity contribution is 0.0944. The molecule has 0 spiro atoms. The van der Waals surface area contributed by atoms with Crippen molar-refractivity contribution in [3.05, 3.63) is 40.7 Å². The first-order chi connectivity index (χ1) is 11.4. The summed E-state index contributed by atoms with van der Waals surface area (Å²) in [4.78, 5) is 24.9. The van der Waals surface area contributed by atoms with Crippen molar-refractivity contribution in [2.24, 2.45) is 5.73 Å². The van der Waals surface area contributed by atoms with Crippen LogP contribution in [0.25, 0.3) is 0 Å². The first-order valence-corrected chi connectivity index (χ1v) is 8.72. The highest BCUT2D eigenvalue weighted by Gasteiger charge is 2.23. The summed E-state index contributed by atoms with van der Waals surface area (Å²) < 4.78 is 5.05. The van der Waals surface area contributed by atoms with Crippen LogP contribution in [0.2, 0.25) is 0 Å². The molecular weight excluding hydrogens is 326 g/mol. The number of furan rings is 1. The molecule has 0 aliphatic rings. The fourth-order valence-electron chi connectivity index (χ4n) is 2.19. The number of hydrogen-bond acceptors (Lipinski definition) is 5. The fraction of sp³-hybridized carbons (Fsp3) is 0.412. The van der Waals surface area contributed by atoms with Crippen LogP contribution in [0.5, 0.6) is 0 Å². The van der Waals surface area contributed by atoms with E-state index >= 15 is 0 Å². The highest BCUT2D eigenvalue weighted by atomic mass is 32.1. The van der Waals surface area contributed by atoms with Crippen molar-refractivity contribution in [1.29, 1.82) is 0 Å². The van der Waals surface area contributed by atoms with Gasteiger partial charge >= 0.3 is 0 Å². The van der Waals surface area contributed by atoms with Gasteiger partial charge in [-0.05, 0) is 43.5 Å². The predicted molar refractivity (Wildman–Crippen MR) is 95.6 cm³/mol. The quantitative estimate of drug-likeness (QED) is 0.715. The maximum absolute atomic E-state index is 12.4. The van der Waals surface area contributed by atoms with Gasteiger partial charge in [0.25, 0.3) is 11.8 Å². The average Bonchev–Trinajstić information content (AvgIpc) is 3.22. The fourth-order valence-corrected chi connectivity index (χ4v) is 3.17. The smallest absolute Gasteiger partial charge is 0.291 e. The van der Waals surface area contributed by atoms with Crippen molar-refractivity contribution in [3.8, 4) is 0 Å². The Bertz CT molecular complexity index is 703. The number of rotatable bonds is 7. The standard InChI is InChI=1S/C17H23N3O3S/c1-4-17(18,5-2)10-19-16(22)14-11(3)9-13(24-14)20-15(21)12-7-6-8-23-12/h6-9H,4-5,10,18H2,1-3H3,(H,19,22)(H,20,21). The summed E-state index contributed by atoms with van der Waals surface area (Å²) in [5.74, 6) is -0.287. The zero-order valence-corrected chi connectivity index (χ0v) is 15.0. The Labute approximate surface area is 145 Å². The molecule has 0 aliphatic carbocycles. The van der Waals surface area contributed by atoms with Gasteiger partial charge in [-0.2, -0.15) is 0 Å². The van der Waals surface area contributed by atoms with Gasteiger partial charge in [0.2, 0.25) is 0 Å². The summed E-state index contributed by atoms with van der Waals surface area (Å²) in [5, 5.41) is 6.23. The number of anilines is 1. The van der Waals surface area contributed by atoms with E-state index in [0.29, 0.717) is 16.4 Å². The molecule has 4 N–H and O–H groups in total. The molecule has 2 aromatic heterocycles. The molecule has 2 heterocycles. The van der Waals surface area contributed by atoms with Crippen molar-refractivity contribution in [2.75, 3.05) is 11.9 Å². The van der Waals surface area contributed by atoms with Gasteiger partial charge in [-0.15, -0.1) is 11.3 Å². The van der Waals surface area contributed by atoms with E-state index in [1.165, 1.54) is 17.6 Å². The van der Waals surface area contributed by atoms with Crippen LogP contribution >= 0.6 is 11.3 Å². The number of thiophene rings is 1. The van der Waals surface area contributed by atoms with Crippen LogP contribution in [0.4, 0.5) is 5.00 Å². The highest BCUT2D eigenvalue weighted by molar-refractivity contribution is 7.18. The summed E-state index contributed by atoms with van der Waals surface area (Å²) in [6, 6.07) is 5.00. The number of nitrogens with one attached hydrogen (secondary N) is 2. The molecule has 0 unspecified atom stereocenters. The lowest BCUT2D eigenvalue weighted by Gasteiger charge is -2.26. The molecule has 0 atom stereocenters. The summed E-state index contributed by atoms with van der Waals surface area (Å²) in [7, 11) is 0. The predicted octanol–water partition coefficient (Wildman–Crippen LogP) is 3.15. The zero-order chi connectivity index (χ0) is 17.7. The van der Waals surface area contributed by atoms with Crippen LogP contribution in [0.3, 0.4) is 0 Å². The van der Waals surface area contributed by atoms with E-state index in [4.69, 9.17) is 10.2 Å². The summed E-state index contributed by atoms with van der Waals surface area (Å²) >= 11 is 1.23. The maximum atomic E-state index is 12.4. The Kier molecular flexibility index (Phi) is 5.80. The third-order valence-electron chi connectivity index (χ3n) is 4.11. The molecule has 7 heteroatoms. The van der Waals surface area contributed by atoms with Gasteiger partial charge in [0.1, 0.15) is 0 Å². The monoisotopic (exact) mass is 349 g/mol. The first-order valence-electron chi connectivity index (χ1n) is 7.91. The topological polar surface area (TPSA) is 97.4 Å². The van der Waals surface area contributed by atoms with E-state index < -0.39 is 5.54 Å². The van der Waals surface area contributed by atoms with Gasteiger partial charge in [0.15, 0.2) is 5.76 Å². The van der Waals surface area contributed by atoms with Crippen molar-refractivity contribution in [2.45, 2.75) is 39.2 Å². The zero-order valence-electron chi connectivity index (χ0n) is 14.1. The summed E-state index contributed by atoms with van der Waals surface area (Å²) in [6.45, 7) is 6.27. The third-order valence-corrected chi connectivity index (χ3v) is 5.27. The van der Waals surface area contributed by atoms with E-state index in [9.17, 15) is 9.59 Å². The van der Waals surface area contributed by atoms with Gasteiger partial charge in [0.05, 0.1) is 16.1 Å². The summed E-state index contributed by atoms with van der Waals surface area (Å²) in [5.41, 5.74) is 6.62. The average molecular weight is 349 g/mol. The first kappa shape index (κ1) is 18.2. The van der Waals surface area contributed by atoms with Crippen molar-refractivity contribution in [3.63, 3.8) is 0 Å². The molecule has 2 amide bonds. The number of carbonyl (C=O) groups is 2. The number of aryl methyl sites for hydroxylation is 1. The van der Waals surface area contributed by atoms with Gasteiger partial charge in [-0.3, -0.25) is 9.59 Å². The Hall–Kier alpha value is -2.12. The molecule has 0 saturated carbocycles. The van der Waals surface area contributed by atoms with Gasteiger partial charge in [-0.1, -0.05) is 13.8 Å². The van der Waals surface area contributed by atoms with E-state index in [2.05, 4.69) is 10.6 Å². The third kappa shape index (κ3) is 4.24. The van der Waals surface area contributed by atoms with E-state index in [1.807, 2.05) is 20.8 Å². The van der Waals surface area contributed by atoms with Crippen LogP contribution in [0.15, 0.2) is 28.9 Å². The minimum absolute atomic E-state index is 0.173. The van der Waals surface area contributed by atoms with Crippen LogP contribution in [0, 0.1) is 6.92 Å². The number of carbonyl (C=O) groups excluding carboxylic acids is 2. The molecule has 0 aliphatic heterocycles. The molecule has 6 nitrogen and oxygen atoms in total. The van der Waals surface area contributed by atoms with E-state index in [1.54, 1.807) is 18.2 Å². The van der Waals surface area contributed by atoms with Crippen LogP contribution < -0.4 is 16.4 Å². The molecule has 130 valence electrons. The van der Waals surface area contributed by atoms with Crippen molar-refractivity contribution >= 4 is 28.2 Å². The molecule has 0 saturated heterocycles. The normalized spacial score (nSPS) is 11.3. The van der Waals surface area contributed by atoms with Gasteiger partial charge in [0, 0.05) is 12.1 Å². The minimum atomic E-state index is -0.392. The lowest BCUT2D eigenvalue weighted by atomic mass is 9.94. The SMILES string of the molecule is CCC(N)(CC)CNC(=O)c1sc(NC(=O)c2ccco2)cc1C. The van der Waals surface area contributed by atoms with Crippen LogP contribution in [-0.4, -0.2) is 23.9 Å². The second kappa shape index (κ2) is 7.63. The largest absolute Gasteiger partial charge is 0.459 e. The van der Waals surface area contributed by atoms with Crippen LogP contribution in [0.1, 0.15) is 52.5 Å². The second-order valence-corrected chi connectivity index (χ2v) is 6.86. The summed E-state index contributed by atoms with van der Waals surface area (Å²) in [6.07, 6.45) is 3.02. The van der Waals surface area contributed by atoms with Crippen molar-refractivity contribution < 1.29 is 14.0 Å². The lowest BCUT2D eigenvalue weighted by Crippen LogP contribution is -2.49. The molecule has 24 heavy (non-hydrogen) atoms. The molecule has 2 aromatic rings. The van der Waals surface area contributed by atoms with E-state index in [-0.39, 0.29) is 17.6 Å². The van der Waals surface area contributed by atoms with Gasteiger partial charge in [-0.25, -0.2) is 0 Å². The minimum Gasteiger partial charge on any atom is -0.459 e. The molecule has 0 radical (unpaired) electrons. The Morgan fingerprint density at radius 2 is 2.00 bits per heavy atom.